The molecule has 1 N–H and O–H groups in total. The molecule has 0 aromatic carbocycles. The standard InChI is InChI=1S/C8H6N4S2/c1-3-9-7(10-4-1)13-14-8-11-5-2-6-12-8/h1-6H/p+1. The van der Waals surface area contributed by atoms with E-state index < -0.39 is 0 Å². The highest BCUT2D eigenvalue weighted by Crippen LogP contribution is 2.30. The van der Waals surface area contributed by atoms with Crippen molar-refractivity contribution in [2.45, 2.75) is 10.3 Å². The summed E-state index contributed by atoms with van der Waals surface area (Å²) in [7, 11) is 2.97. The SMILES string of the molecule is c1cnc(SSc2nccc[nH+]2)nc1. The van der Waals surface area contributed by atoms with Gasteiger partial charge >= 0.3 is 5.16 Å². The normalized spacial score (nSPS) is 10.0. The molecule has 0 saturated carbocycles. The van der Waals surface area contributed by atoms with Crippen LogP contribution in [0, 0.1) is 0 Å². The number of rotatable bonds is 3. The molecule has 2 aromatic rings. The maximum atomic E-state index is 4.12. The zero-order chi connectivity index (χ0) is 9.64. The van der Waals surface area contributed by atoms with E-state index in [1.54, 1.807) is 24.7 Å². The molecule has 2 heterocycles. The number of H-pyrrole nitrogens is 1. The molecule has 14 heavy (non-hydrogen) atoms. The third-order valence-electron chi connectivity index (χ3n) is 1.32. The van der Waals surface area contributed by atoms with Gasteiger partial charge in [0.25, 0.3) is 0 Å². The van der Waals surface area contributed by atoms with E-state index >= 15 is 0 Å². The fourth-order valence-corrected chi connectivity index (χ4v) is 2.33. The zero-order valence-electron chi connectivity index (χ0n) is 7.12. The maximum Gasteiger partial charge on any atom is 0.368 e. The Bertz CT molecular complexity index is 342. The van der Waals surface area contributed by atoms with Gasteiger partial charge in [0.15, 0.2) is 5.16 Å². The molecule has 0 unspecified atom stereocenters. The lowest BCUT2D eigenvalue weighted by Crippen LogP contribution is -2.04. The van der Waals surface area contributed by atoms with E-state index in [2.05, 4.69) is 19.9 Å². The van der Waals surface area contributed by atoms with E-state index in [0.717, 1.165) is 10.3 Å². The molecule has 0 atom stereocenters. The quantitative estimate of drug-likeness (QED) is 0.583. The van der Waals surface area contributed by atoms with Gasteiger partial charge in [-0.15, -0.1) is 0 Å². The molecular weight excluding hydrogens is 216 g/mol. The minimum absolute atomic E-state index is 0.733. The molecule has 0 amide bonds. The van der Waals surface area contributed by atoms with Gasteiger partial charge in [-0.3, -0.25) is 0 Å². The largest absolute Gasteiger partial charge is 0.368 e. The highest BCUT2D eigenvalue weighted by Gasteiger charge is 2.06. The topological polar surface area (TPSA) is 52.8 Å². The van der Waals surface area contributed by atoms with Crippen molar-refractivity contribution >= 4 is 21.6 Å². The van der Waals surface area contributed by atoms with Crippen LogP contribution in [0.15, 0.2) is 47.2 Å². The van der Waals surface area contributed by atoms with E-state index in [4.69, 9.17) is 0 Å². The third kappa shape index (κ3) is 2.68. The summed E-state index contributed by atoms with van der Waals surface area (Å²) in [6.45, 7) is 0. The lowest BCUT2D eigenvalue weighted by atomic mass is 10.7. The Balaban J connectivity index is 1.96. The fraction of sp³-hybridized carbons (Fsp3) is 0. The van der Waals surface area contributed by atoms with E-state index in [1.165, 1.54) is 21.6 Å². The summed E-state index contributed by atoms with van der Waals surface area (Å²) in [5.74, 6) is 0. The summed E-state index contributed by atoms with van der Waals surface area (Å²) >= 11 is 0. The maximum absolute atomic E-state index is 4.12. The molecule has 4 nitrogen and oxygen atoms in total. The Morgan fingerprint density at radius 1 is 0.929 bits per heavy atom. The molecule has 2 aromatic heterocycles. The predicted molar refractivity (Wildman–Crippen MR) is 54.5 cm³/mol. The highest BCUT2D eigenvalue weighted by atomic mass is 33.1. The minimum atomic E-state index is 0.733. The van der Waals surface area contributed by atoms with Crippen LogP contribution in [-0.2, 0) is 0 Å². The lowest BCUT2D eigenvalue weighted by molar-refractivity contribution is -0.433. The lowest BCUT2D eigenvalue weighted by Gasteiger charge is -1.92. The molecular formula is C8H7N4S2+. The van der Waals surface area contributed by atoms with Crippen molar-refractivity contribution in [1.29, 1.82) is 0 Å². The Hall–Kier alpha value is -1.14. The van der Waals surface area contributed by atoms with Crippen LogP contribution < -0.4 is 4.98 Å². The van der Waals surface area contributed by atoms with Crippen molar-refractivity contribution in [3.8, 4) is 0 Å². The number of hydrogen-bond donors (Lipinski definition) is 0. The van der Waals surface area contributed by atoms with Crippen molar-refractivity contribution in [3.63, 3.8) is 0 Å². The molecule has 0 radical (unpaired) electrons. The molecule has 0 saturated heterocycles. The molecule has 0 aliphatic carbocycles. The number of aromatic amines is 1. The third-order valence-corrected chi connectivity index (χ3v) is 3.31. The Morgan fingerprint density at radius 2 is 1.71 bits per heavy atom. The summed E-state index contributed by atoms with van der Waals surface area (Å²) in [5.41, 5.74) is 0. The number of aromatic nitrogens is 4. The molecule has 0 aliphatic heterocycles. The summed E-state index contributed by atoms with van der Waals surface area (Å²) in [4.78, 5) is 15.3. The Kier molecular flexibility index (Phi) is 3.31. The molecule has 0 aliphatic rings. The number of hydrogen-bond acceptors (Lipinski definition) is 5. The summed E-state index contributed by atoms with van der Waals surface area (Å²) < 4.78 is 0. The van der Waals surface area contributed by atoms with Gasteiger partial charge in [-0.1, -0.05) is 0 Å². The first-order valence-electron chi connectivity index (χ1n) is 3.89. The first-order chi connectivity index (χ1) is 6.95. The van der Waals surface area contributed by atoms with E-state index in [9.17, 15) is 0 Å². The van der Waals surface area contributed by atoms with Crippen molar-refractivity contribution in [2.75, 3.05) is 0 Å². The van der Waals surface area contributed by atoms with Crippen molar-refractivity contribution in [3.05, 3.63) is 36.9 Å². The van der Waals surface area contributed by atoms with Crippen LogP contribution in [0.5, 0.6) is 0 Å². The Morgan fingerprint density at radius 3 is 2.43 bits per heavy atom. The molecule has 6 heteroatoms. The van der Waals surface area contributed by atoms with Gasteiger partial charge in [0, 0.05) is 29.3 Å². The smallest absolute Gasteiger partial charge is 0.237 e. The van der Waals surface area contributed by atoms with Gasteiger partial charge in [0.05, 0.1) is 6.20 Å². The van der Waals surface area contributed by atoms with E-state index in [1.807, 2.05) is 12.3 Å². The Labute approximate surface area is 89.0 Å². The second kappa shape index (κ2) is 4.92. The first kappa shape index (κ1) is 9.42. The average molecular weight is 223 g/mol. The van der Waals surface area contributed by atoms with Crippen LogP contribution in [0.2, 0.25) is 0 Å². The second-order valence-corrected chi connectivity index (χ2v) is 4.37. The number of nitrogens with one attached hydrogen (secondary N) is 1. The fourth-order valence-electron chi connectivity index (χ4n) is 0.761. The molecule has 0 spiro atoms. The zero-order valence-corrected chi connectivity index (χ0v) is 8.76. The monoisotopic (exact) mass is 223 g/mol. The van der Waals surface area contributed by atoms with Gasteiger partial charge in [0.2, 0.25) is 0 Å². The highest BCUT2D eigenvalue weighted by molar-refractivity contribution is 8.76. The molecule has 0 bridgehead atoms. The molecule has 2 rings (SSSR count). The van der Waals surface area contributed by atoms with Gasteiger partial charge < -0.3 is 0 Å². The van der Waals surface area contributed by atoms with Crippen LogP contribution in [-0.4, -0.2) is 15.0 Å². The second-order valence-electron chi connectivity index (χ2n) is 2.28. The van der Waals surface area contributed by atoms with Crippen molar-refractivity contribution < 1.29 is 4.98 Å². The van der Waals surface area contributed by atoms with Gasteiger partial charge in [0.1, 0.15) is 6.20 Å². The predicted octanol–water partition coefficient (Wildman–Crippen LogP) is 1.49. The van der Waals surface area contributed by atoms with Crippen LogP contribution in [0.3, 0.4) is 0 Å². The summed E-state index contributed by atoms with van der Waals surface area (Å²) in [6.07, 6.45) is 7.02. The average Bonchev–Trinajstić information content (AvgIpc) is 2.29. The van der Waals surface area contributed by atoms with Gasteiger partial charge in [-0.05, 0) is 21.8 Å². The van der Waals surface area contributed by atoms with Crippen LogP contribution >= 0.6 is 21.6 Å². The summed E-state index contributed by atoms with van der Waals surface area (Å²) in [6, 6.07) is 3.63. The number of nitrogens with zero attached hydrogens (tertiary/aromatic N) is 3. The van der Waals surface area contributed by atoms with Crippen LogP contribution in [0.25, 0.3) is 0 Å². The minimum Gasteiger partial charge on any atom is -0.237 e. The summed E-state index contributed by atoms with van der Waals surface area (Å²) in [5, 5.41) is 1.57. The first-order valence-corrected chi connectivity index (χ1v) is 6.04. The van der Waals surface area contributed by atoms with Crippen LogP contribution in [0.1, 0.15) is 0 Å². The molecule has 70 valence electrons. The van der Waals surface area contributed by atoms with Crippen molar-refractivity contribution in [1.82, 2.24) is 15.0 Å². The van der Waals surface area contributed by atoms with Gasteiger partial charge in [-0.25, -0.2) is 15.0 Å². The van der Waals surface area contributed by atoms with E-state index in [-0.39, 0.29) is 0 Å². The molecule has 0 fully saturated rings. The van der Waals surface area contributed by atoms with Crippen molar-refractivity contribution in [2.24, 2.45) is 0 Å². The van der Waals surface area contributed by atoms with E-state index in [0.29, 0.717) is 0 Å². The van der Waals surface area contributed by atoms with Crippen LogP contribution in [0.4, 0.5) is 0 Å². The van der Waals surface area contributed by atoms with Gasteiger partial charge in [-0.2, -0.15) is 0 Å².